The van der Waals surface area contributed by atoms with Gasteiger partial charge in [-0.2, -0.15) is 12.6 Å². The Kier molecular flexibility index (Phi) is 12.4. The van der Waals surface area contributed by atoms with E-state index < -0.39 is 47.9 Å². The first-order valence-electron chi connectivity index (χ1n) is 13.9. The van der Waals surface area contributed by atoms with Gasteiger partial charge >= 0.3 is 5.97 Å². The topological polar surface area (TPSA) is 251 Å². The number of aliphatic carboxylic acids is 1. The molecule has 0 aliphatic rings. The third-order valence-corrected chi connectivity index (χ3v) is 7.20. The lowest BCUT2D eigenvalue weighted by molar-refractivity contribution is -0.142. The number of phenols is 1. The molecule has 0 aliphatic heterocycles. The Hall–Kier alpha value is -4.76. The van der Waals surface area contributed by atoms with Crippen molar-refractivity contribution in [3.63, 3.8) is 0 Å². The number of aromatic amines is 1. The van der Waals surface area contributed by atoms with E-state index in [9.17, 15) is 29.4 Å². The second-order valence-corrected chi connectivity index (χ2v) is 10.6. The van der Waals surface area contributed by atoms with Gasteiger partial charge in [0.25, 0.3) is 0 Å². The highest BCUT2D eigenvalue weighted by Crippen LogP contribution is 2.19. The number of benzene rings is 2. The Balaban J connectivity index is 1.70. The molecule has 15 heteroatoms. The number of fused-ring (bicyclic) bond motifs is 1. The van der Waals surface area contributed by atoms with Crippen molar-refractivity contribution in [2.75, 3.05) is 12.3 Å². The molecule has 236 valence electrons. The van der Waals surface area contributed by atoms with Crippen LogP contribution in [0.2, 0.25) is 0 Å². The Morgan fingerprint density at radius 1 is 0.886 bits per heavy atom. The number of thiol groups is 1. The smallest absolute Gasteiger partial charge is 0.326 e. The van der Waals surface area contributed by atoms with Crippen LogP contribution < -0.4 is 33.2 Å². The fourth-order valence-corrected chi connectivity index (χ4v) is 4.74. The molecule has 0 saturated carbocycles. The van der Waals surface area contributed by atoms with E-state index in [1.54, 1.807) is 18.3 Å². The number of aliphatic imine (C=N–C) groups is 1. The lowest BCUT2D eigenvalue weighted by Crippen LogP contribution is -2.58. The Morgan fingerprint density at radius 2 is 1.52 bits per heavy atom. The number of carbonyl (C=O) groups is 4. The van der Waals surface area contributed by atoms with Gasteiger partial charge in [0.05, 0.1) is 6.04 Å². The van der Waals surface area contributed by atoms with Crippen molar-refractivity contribution in [2.45, 2.75) is 49.9 Å². The lowest BCUT2D eigenvalue weighted by Gasteiger charge is -2.24. The van der Waals surface area contributed by atoms with Crippen LogP contribution in [0.25, 0.3) is 10.9 Å². The number of aromatic hydroxyl groups is 1. The standard InChI is InChI=1S/C29H38N8O6S/c30-20(13-17-14-34-21-5-2-1-4-19(17)21)25(39)36-23(12-16-7-9-18(38)10-8-16)26(40)37-24(15-44)27(41)35-22(28(42)43)6-3-11-33-29(31)32/h1-2,4-5,7-10,14,20,22-24,34,38,44H,3,6,11-13,15,30H2,(H,35,41)(H,36,39)(H,37,40)(H,42,43)(H4,31,32,33). The first-order valence-corrected chi connectivity index (χ1v) is 14.5. The van der Waals surface area contributed by atoms with Gasteiger partial charge in [-0.3, -0.25) is 19.4 Å². The number of hydrogen-bond acceptors (Lipinski definition) is 8. The van der Waals surface area contributed by atoms with Crippen molar-refractivity contribution < 1.29 is 29.4 Å². The van der Waals surface area contributed by atoms with Crippen LogP contribution in [0.5, 0.6) is 5.75 Å². The van der Waals surface area contributed by atoms with E-state index in [4.69, 9.17) is 17.2 Å². The Labute approximate surface area is 259 Å². The summed E-state index contributed by atoms with van der Waals surface area (Å²) in [5, 5.41) is 27.8. The first-order chi connectivity index (χ1) is 21.0. The number of nitrogens with one attached hydrogen (secondary N) is 4. The SMILES string of the molecule is NC(N)=NCCCC(NC(=O)C(CS)NC(=O)C(Cc1ccc(O)cc1)NC(=O)C(N)Cc1c[nH]c2ccccc12)C(=O)O. The highest BCUT2D eigenvalue weighted by molar-refractivity contribution is 7.80. The maximum atomic E-state index is 13.4. The summed E-state index contributed by atoms with van der Waals surface area (Å²) < 4.78 is 0. The van der Waals surface area contributed by atoms with Gasteiger partial charge in [0.2, 0.25) is 17.7 Å². The van der Waals surface area contributed by atoms with Crippen molar-refractivity contribution in [2.24, 2.45) is 22.2 Å². The predicted octanol–water partition coefficient (Wildman–Crippen LogP) is -0.492. The monoisotopic (exact) mass is 626 g/mol. The second kappa shape index (κ2) is 16.2. The van der Waals surface area contributed by atoms with Gasteiger partial charge < -0.3 is 48.3 Å². The number of phenolic OH excluding ortho intramolecular Hbond substituents is 1. The summed E-state index contributed by atoms with van der Waals surface area (Å²) in [6, 6.07) is 9.02. The molecule has 3 rings (SSSR count). The molecule has 4 atom stereocenters. The molecule has 1 aromatic heterocycles. The van der Waals surface area contributed by atoms with Crippen molar-refractivity contribution in [1.82, 2.24) is 20.9 Å². The second-order valence-electron chi connectivity index (χ2n) is 10.2. The van der Waals surface area contributed by atoms with Gasteiger partial charge in [-0.1, -0.05) is 30.3 Å². The molecule has 0 fully saturated rings. The normalized spacial score (nSPS) is 13.7. The number of guanidine groups is 1. The number of rotatable bonds is 16. The number of para-hydroxylation sites is 1. The molecule has 0 radical (unpaired) electrons. The van der Waals surface area contributed by atoms with Gasteiger partial charge in [-0.05, 0) is 48.6 Å². The molecule has 3 aromatic rings. The van der Waals surface area contributed by atoms with E-state index in [-0.39, 0.29) is 49.7 Å². The molecular weight excluding hydrogens is 588 g/mol. The number of carboxylic acid groups (broad SMARTS) is 1. The molecule has 0 spiro atoms. The highest BCUT2D eigenvalue weighted by atomic mass is 32.1. The minimum atomic E-state index is -1.27. The number of H-pyrrole nitrogens is 1. The Morgan fingerprint density at radius 3 is 2.18 bits per heavy atom. The minimum absolute atomic E-state index is 0.0150. The average molecular weight is 627 g/mol. The molecule has 44 heavy (non-hydrogen) atoms. The molecular formula is C29H38N8O6S. The lowest BCUT2D eigenvalue weighted by atomic mass is 10.0. The fraction of sp³-hybridized carbons (Fsp3) is 0.345. The average Bonchev–Trinajstić information content (AvgIpc) is 3.40. The number of hydrogen-bond donors (Lipinski definition) is 10. The molecule has 12 N–H and O–H groups in total. The summed E-state index contributed by atoms with van der Waals surface area (Å²) in [5.74, 6) is -3.60. The van der Waals surface area contributed by atoms with E-state index >= 15 is 0 Å². The van der Waals surface area contributed by atoms with Crippen LogP contribution in [-0.2, 0) is 32.0 Å². The molecule has 3 amide bonds. The molecule has 2 aromatic carbocycles. The quantitative estimate of drug-likeness (QED) is 0.0425. The number of aromatic nitrogens is 1. The summed E-state index contributed by atoms with van der Waals surface area (Å²) in [5.41, 5.74) is 19.1. The van der Waals surface area contributed by atoms with Crippen LogP contribution in [0.3, 0.4) is 0 Å². The van der Waals surface area contributed by atoms with Crippen molar-refractivity contribution in [3.05, 3.63) is 65.9 Å². The zero-order valence-corrected chi connectivity index (χ0v) is 24.8. The van der Waals surface area contributed by atoms with Crippen LogP contribution >= 0.6 is 12.6 Å². The summed E-state index contributed by atoms with van der Waals surface area (Å²) in [6.45, 7) is 0.176. The van der Waals surface area contributed by atoms with E-state index in [0.29, 0.717) is 5.56 Å². The summed E-state index contributed by atoms with van der Waals surface area (Å²) in [6.07, 6.45) is 2.32. The van der Waals surface area contributed by atoms with Crippen LogP contribution in [0.4, 0.5) is 0 Å². The van der Waals surface area contributed by atoms with Gasteiger partial charge in [0, 0.05) is 35.8 Å². The van der Waals surface area contributed by atoms with Crippen molar-refractivity contribution in [3.8, 4) is 5.75 Å². The minimum Gasteiger partial charge on any atom is -0.508 e. The van der Waals surface area contributed by atoms with Gasteiger partial charge in [-0.25, -0.2) is 4.79 Å². The van der Waals surface area contributed by atoms with E-state index in [2.05, 4.69) is 38.6 Å². The van der Waals surface area contributed by atoms with E-state index in [1.165, 1.54) is 12.1 Å². The Bertz CT molecular complexity index is 1470. The third-order valence-electron chi connectivity index (χ3n) is 6.84. The molecule has 0 bridgehead atoms. The maximum absolute atomic E-state index is 13.4. The molecule has 1 heterocycles. The van der Waals surface area contributed by atoms with Crippen molar-refractivity contribution >= 4 is 53.2 Å². The van der Waals surface area contributed by atoms with Gasteiger partial charge in [0.15, 0.2) is 5.96 Å². The summed E-state index contributed by atoms with van der Waals surface area (Å²) in [4.78, 5) is 58.2. The first kappa shape index (κ1) is 33.7. The predicted molar refractivity (Wildman–Crippen MR) is 169 cm³/mol. The largest absolute Gasteiger partial charge is 0.508 e. The van der Waals surface area contributed by atoms with E-state index in [0.717, 1.165) is 16.5 Å². The third kappa shape index (κ3) is 9.91. The maximum Gasteiger partial charge on any atom is 0.326 e. The summed E-state index contributed by atoms with van der Waals surface area (Å²) in [7, 11) is 0. The molecule has 14 nitrogen and oxygen atoms in total. The van der Waals surface area contributed by atoms with Gasteiger partial charge in [-0.15, -0.1) is 0 Å². The van der Waals surface area contributed by atoms with Crippen molar-refractivity contribution in [1.29, 1.82) is 0 Å². The van der Waals surface area contributed by atoms with Crippen LogP contribution in [0.1, 0.15) is 24.0 Å². The molecule has 4 unspecified atom stereocenters. The molecule has 0 aliphatic carbocycles. The number of nitrogens with two attached hydrogens (primary N) is 3. The van der Waals surface area contributed by atoms with Crippen LogP contribution in [-0.4, -0.2) is 81.3 Å². The van der Waals surface area contributed by atoms with Crippen LogP contribution in [0.15, 0.2) is 59.7 Å². The number of amides is 3. The number of carbonyl (C=O) groups excluding carboxylic acids is 3. The zero-order valence-electron chi connectivity index (χ0n) is 23.9. The van der Waals surface area contributed by atoms with E-state index in [1.807, 2.05) is 24.3 Å². The highest BCUT2D eigenvalue weighted by Gasteiger charge is 2.30. The van der Waals surface area contributed by atoms with Gasteiger partial charge in [0.1, 0.15) is 23.9 Å². The number of carboxylic acids is 1. The zero-order chi connectivity index (χ0) is 32.2. The number of nitrogens with zero attached hydrogens (tertiary/aromatic N) is 1. The summed E-state index contributed by atoms with van der Waals surface area (Å²) >= 11 is 4.17. The van der Waals surface area contributed by atoms with Crippen LogP contribution in [0, 0.1) is 0 Å². The fourth-order valence-electron chi connectivity index (χ4n) is 4.49. The molecule has 0 saturated heterocycles.